The lowest BCUT2D eigenvalue weighted by Crippen LogP contribution is -2.23. The van der Waals surface area contributed by atoms with E-state index in [-0.39, 0.29) is 5.56 Å². The Kier molecular flexibility index (Phi) is 5.74. The maximum absolute atomic E-state index is 13.3. The molecule has 0 bridgehead atoms. The van der Waals surface area contributed by atoms with Gasteiger partial charge >= 0.3 is 0 Å². The molecule has 3 aromatic heterocycles. The number of hydrogen-bond donors (Lipinski definition) is 0. The molecule has 5 rings (SSSR count). The first-order chi connectivity index (χ1) is 15.2. The highest BCUT2D eigenvalue weighted by atomic mass is 32.2. The molecule has 1 aliphatic rings. The quantitative estimate of drug-likeness (QED) is 0.229. The van der Waals surface area contributed by atoms with Crippen LogP contribution in [-0.2, 0) is 31.6 Å². The zero-order valence-electron chi connectivity index (χ0n) is 17.0. The summed E-state index contributed by atoms with van der Waals surface area (Å²) >= 11 is 3.12. The molecule has 4 aromatic rings. The van der Waals surface area contributed by atoms with Gasteiger partial charge in [0.05, 0.1) is 17.6 Å². The maximum Gasteiger partial charge on any atom is 0.263 e. The summed E-state index contributed by atoms with van der Waals surface area (Å²) in [5, 5.41) is 9.80. The molecule has 0 aliphatic heterocycles. The highest BCUT2D eigenvalue weighted by molar-refractivity contribution is 7.98. The molecule has 3 heterocycles. The van der Waals surface area contributed by atoms with Crippen molar-refractivity contribution in [2.45, 2.75) is 49.6 Å². The smallest absolute Gasteiger partial charge is 0.263 e. The molecule has 0 spiro atoms. The molecule has 1 aromatic carbocycles. The second kappa shape index (κ2) is 8.80. The van der Waals surface area contributed by atoms with Crippen molar-refractivity contribution in [3.8, 4) is 0 Å². The van der Waals surface area contributed by atoms with E-state index in [9.17, 15) is 4.79 Å². The second-order valence-electron chi connectivity index (χ2n) is 7.53. The Bertz CT molecular complexity index is 1290. The van der Waals surface area contributed by atoms with E-state index < -0.39 is 0 Å². The van der Waals surface area contributed by atoms with Gasteiger partial charge in [0.25, 0.3) is 5.56 Å². The van der Waals surface area contributed by atoms with E-state index in [4.69, 9.17) is 9.40 Å². The Balaban J connectivity index is 1.40. The van der Waals surface area contributed by atoms with Crippen LogP contribution in [0.15, 0.2) is 57.4 Å². The number of thioether (sulfide) groups is 1. The van der Waals surface area contributed by atoms with Gasteiger partial charge in [-0.15, -0.1) is 28.1 Å². The van der Waals surface area contributed by atoms with Gasteiger partial charge in [-0.2, -0.15) is 0 Å². The molecule has 31 heavy (non-hydrogen) atoms. The van der Waals surface area contributed by atoms with Gasteiger partial charge in [-0.1, -0.05) is 48.2 Å². The van der Waals surface area contributed by atoms with E-state index in [0.717, 1.165) is 35.0 Å². The summed E-state index contributed by atoms with van der Waals surface area (Å²) < 4.78 is 7.53. The molecule has 6 nitrogen and oxygen atoms in total. The van der Waals surface area contributed by atoms with E-state index in [0.29, 0.717) is 35.7 Å². The predicted octanol–water partition coefficient (Wildman–Crippen LogP) is 4.79. The van der Waals surface area contributed by atoms with Gasteiger partial charge in [-0.05, 0) is 36.8 Å². The van der Waals surface area contributed by atoms with Crippen molar-refractivity contribution < 1.29 is 4.42 Å². The van der Waals surface area contributed by atoms with Crippen molar-refractivity contribution in [2.24, 2.45) is 0 Å². The van der Waals surface area contributed by atoms with Crippen molar-refractivity contribution in [1.29, 1.82) is 0 Å². The summed E-state index contributed by atoms with van der Waals surface area (Å²) in [5.74, 6) is 1.57. The average molecular weight is 451 g/mol. The molecule has 1 aliphatic carbocycles. The highest BCUT2D eigenvalue weighted by Gasteiger charge is 2.22. The zero-order chi connectivity index (χ0) is 21.2. The van der Waals surface area contributed by atoms with E-state index in [1.807, 2.05) is 30.3 Å². The molecule has 0 saturated carbocycles. The second-order valence-corrected chi connectivity index (χ2v) is 9.56. The minimum Gasteiger partial charge on any atom is -0.424 e. The first-order valence-corrected chi connectivity index (χ1v) is 12.2. The Morgan fingerprint density at radius 1 is 1.16 bits per heavy atom. The number of benzene rings is 1. The van der Waals surface area contributed by atoms with Gasteiger partial charge in [-0.3, -0.25) is 9.36 Å². The topological polar surface area (TPSA) is 73.8 Å². The van der Waals surface area contributed by atoms with Crippen molar-refractivity contribution in [3.05, 3.63) is 81.1 Å². The first kappa shape index (κ1) is 20.2. The third-order valence-electron chi connectivity index (χ3n) is 5.38. The molecule has 0 fully saturated rings. The summed E-state index contributed by atoms with van der Waals surface area (Å²) in [5.41, 5.74) is 2.36. The van der Waals surface area contributed by atoms with E-state index in [1.165, 1.54) is 28.6 Å². The standard InChI is InChI=1S/C23H22N4O2S2/c1-2-12-27-22(28)20-16-10-6-7-11-17(16)31-21(20)24-23(27)30-14-19-26-25-18(29-19)13-15-8-4-3-5-9-15/h2-5,8-9H,1,6-7,10-14H2. The number of aromatic nitrogens is 4. The van der Waals surface area contributed by atoms with E-state index in [2.05, 4.69) is 16.8 Å². The SMILES string of the molecule is C=CCn1c(SCc2nnc(Cc3ccccc3)o2)nc2sc3c(c2c1=O)CCCC3. The fraction of sp³-hybridized carbons (Fsp3) is 0.304. The number of nitrogens with zero attached hydrogens (tertiary/aromatic N) is 4. The van der Waals surface area contributed by atoms with Gasteiger partial charge in [0.15, 0.2) is 5.16 Å². The lowest BCUT2D eigenvalue weighted by Gasteiger charge is -2.12. The lowest BCUT2D eigenvalue weighted by atomic mass is 9.97. The number of allylic oxidation sites excluding steroid dienone is 1. The summed E-state index contributed by atoms with van der Waals surface area (Å²) in [6, 6.07) is 10.0. The number of hydrogen-bond acceptors (Lipinski definition) is 7. The molecule has 8 heteroatoms. The van der Waals surface area contributed by atoms with Gasteiger partial charge in [0.2, 0.25) is 11.8 Å². The summed E-state index contributed by atoms with van der Waals surface area (Å²) in [6.07, 6.45) is 6.68. The van der Waals surface area contributed by atoms with Crippen LogP contribution in [0, 0.1) is 0 Å². The fourth-order valence-corrected chi connectivity index (χ4v) is 6.08. The Morgan fingerprint density at radius 2 is 1.97 bits per heavy atom. The Morgan fingerprint density at radius 3 is 2.81 bits per heavy atom. The zero-order valence-corrected chi connectivity index (χ0v) is 18.7. The Labute approximate surface area is 188 Å². The van der Waals surface area contributed by atoms with Crippen molar-refractivity contribution in [1.82, 2.24) is 19.7 Å². The fourth-order valence-electron chi connectivity index (χ4n) is 3.94. The molecular weight excluding hydrogens is 428 g/mol. The van der Waals surface area contributed by atoms with Crippen LogP contribution in [0.25, 0.3) is 10.2 Å². The normalized spacial score (nSPS) is 13.4. The number of fused-ring (bicyclic) bond motifs is 3. The average Bonchev–Trinajstić information content (AvgIpc) is 3.39. The molecule has 0 radical (unpaired) electrons. The monoisotopic (exact) mass is 450 g/mol. The summed E-state index contributed by atoms with van der Waals surface area (Å²) in [7, 11) is 0. The summed E-state index contributed by atoms with van der Waals surface area (Å²) in [4.78, 5) is 20.3. The van der Waals surface area contributed by atoms with Crippen LogP contribution >= 0.6 is 23.1 Å². The molecule has 0 amide bonds. The molecule has 0 unspecified atom stereocenters. The Hall–Kier alpha value is -2.71. The molecule has 0 atom stereocenters. The summed E-state index contributed by atoms with van der Waals surface area (Å²) in [6.45, 7) is 4.25. The first-order valence-electron chi connectivity index (χ1n) is 10.4. The van der Waals surface area contributed by atoms with Gasteiger partial charge in [-0.25, -0.2) is 4.98 Å². The van der Waals surface area contributed by atoms with Crippen LogP contribution in [0.4, 0.5) is 0 Å². The predicted molar refractivity (Wildman–Crippen MR) is 124 cm³/mol. The van der Waals surface area contributed by atoms with Crippen LogP contribution in [0.5, 0.6) is 0 Å². The highest BCUT2D eigenvalue weighted by Crippen LogP contribution is 2.35. The van der Waals surface area contributed by atoms with Gasteiger partial charge < -0.3 is 4.42 Å². The maximum atomic E-state index is 13.3. The van der Waals surface area contributed by atoms with Gasteiger partial charge in [0, 0.05) is 11.4 Å². The molecule has 0 saturated heterocycles. The molecule has 158 valence electrons. The minimum atomic E-state index is 0.0297. The van der Waals surface area contributed by atoms with Crippen LogP contribution < -0.4 is 5.56 Å². The van der Waals surface area contributed by atoms with E-state index >= 15 is 0 Å². The van der Waals surface area contributed by atoms with Crippen LogP contribution in [0.2, 0.25) is 0 Å². The van der Waals surface area contributed by atoms with Crippen LogP contribution in [0.1, 0.15) is 40.6 Å². The number of aryl methyl sites for hydroxylation is 2. The minimum absolute atomic E-state index is 0.0297. The third kappa shape index (κ3) is 4.09. The van der Waals surface area contributed by atoms with E-state index in [1.54, 1.807) is 22.0 Å². The molecule has 0 N–H and O–H groups in total. The number of thiophene rings is 1. The van der Waals surface area contributed by atoms with Crippen molar-refractivity contribution in [2.75, 3.05) is 0 Å². The molecular formula is C23H22N4O2S2. The number of rotatable bonds is 7. The third-order valence-corrected chi connectivity index (χ3v) is 7.53. The lowest BCUT2D eigenvalue weighted by molar-refractivity contribution is 0.473. The van der Waals surface area contributed by atoms with Crippen molar-refractivity contribution >= 4 is 33.3 Å². The van der Waals surface area contributed by atoms with Crippen LogP contribution in [0.3, 0.4) is 0 Å². The largest absolute Gasteiger partial charge is 0.424 e. The van der Waals surface area contributed by atoms with Crippen LogP contribution in [-0.4, -0.2) is 19.7 Å². The van der Waals surface area contributed by atoms with Gasteiger partial charge in [0.1, 0.15) is 4.83 Å². The van der Waals surface area contributed by atoms with Crippen molar-refractivity contribution in [3.63, 3.8) is 0 Å².